The van der Waals surface area contributed by atoms with Crippen LogP contribution in [0.25, 0.3) is 0 Å². The van der Waals surface area contributed by atoms with Crippen LogP contribution in [0.4, 0.5) is 10.1 Å². The fourth-order valence-electron chi connectivity index (χ4n) is 3.71. The van der Waals surface area contributed by atoms with Gasteiger partial charge in [-0.3, -0.25) is 4.79 Å². The molecule has 1 heterocycles. The van der Waals surface area contributed by atoms with Gasteiger partial charge in [0.25, 0.3) is 0 Å². The summed E-state index contributed by atoms with van der Waals surface area (Å²) in [6, 6.07) is 10.2. The second kappa shape index (κ2) is 8.41. The average Bonchev–Trinajstić information content (AvgIpc) is 2.61. The number of anilines is 1. The molecule has 0 spiro atoms. The van der Waals surface area contributed by atoms with E-state index in [1.807, 2.05) is 32.0 Å². The summed E-state index contributed by atoms with van der Waals surface area (Å²) >= 11 is 0. The molecule has 3 rings (SSSR count). The number of piperidine rings is 1. The van der Waals surface area contributed by atoms with Gasteiger partial charge in [0.2, 0.25) is 15.9 Å². The molecular formula is C21H25FN2O3S. The van der Waals surface area contributed by atoms with Crippen LogP contribution in [-0.2, 0) is 14.8 Å². The number of hydrogen-bond donors (Lipinski definition) is 1. The number of aryl methyl sites for hydroxylation is 2. The van der Waals surface area contributed by atoms with E-state index in [0.717, 1.165) is 36.1 Å². The second-order valence-electron chi connectivity index (χ2n) is 7.35. The Labute approximate surface area is 165 Å². The third kappa shape index (κ3) is 4.77. The monoisotopic (exact) mass is 404 g/mol. The average molecular weight is 405 g/mol. The molecule has 0 bridgehead atoms. The zero-order valence-electron chi connectivity index (χ0n) is 16.1. The minimum atomic E-state index is -3.77. The smallest absolute Gasteiger partial charge is 0.243 e. The molecule has 1 fully saturated rings. The highest BCUT2D eigenvalue weighted by Gasteiger charge is 2.34. The first-order valence-corrected chi connectivity index (χ1v) is 10.9. The molecule has 0 radical (unpaired) electrons. The fraction of sp³-hybridized carbons (Fsp3) is 0.381. The first kappa shape index (κ1) is 20.5. The van der Waals surface area contributed by atoms with Gasteiger partial charge in [-0.1, -0.05) is 12.5 Å². The van der Waals surface area contributed by atoms with E-state index in [-0.39, 0.29) is 17.2 Å². The first-order chi connectivity index (χ1) is 13.3. The summed E-state index contributed by atoms with van der Waals surface area (Å²) in [5.41, 5.74) is 2.81. The lowest BCUT2D eigenvalue weighted by molar-refractivity contribution is -0.117. The summed E-state index contributed by atoms with van der Waals surface area (Å²) < 4.78 is 40.6. The van der Waals surface area contributed by atoms with E-state index in [9.17, 15) is 17.6 Å². The molecule has 5 nitrogen and oxygen atoms in total. The predicted octanol–water partition coefficient (Wildman–Crippen LogP) is 4.01. The van der Waals surface area contributed by atoms with Crippen molar-refractivity contribution >= 4 is 21.6 Å². The maximum Gasteiger partial charge on any atom is 0.243 e. The van der Waals surface area contributed by atoms with Crippen LogP contribution in [0.2, 0.25) is 0 Å². The third-order valence-corrected chi connectivity index (χ3v) is 6.89. The normalized spacial score (nSPS) is 18.0. The van der Waals surface area contributed by atoms with E-state index in [2.05, 4.69) is 5.32 Å². The molecule has 0 aliphatic carbocycles. The lowest BCUT2D eigenvalue weighted by atomic mass is 10.0. The maximum absolute atomic E-state index is 13.2. The van der Waals surface area contributed by atoms with Gasteiger partial charge < -0.3 is 5.32 Å². The Morgan fingerprint density at radius 3 is 2.39 bits per heavy atom. The van der Waals surface area contributed by atoms with Gasteiger partial charge in [0, 0.05) is 24.7 Å². The van der Waals surface area contributed by atoms with Crippen molar-refractivity contribution in [1.82, 2.24) is 4.31 Å². The summed E-state index contributed by atoms with van der Waals surface area (Å²) in [5.74, 6) is -0.696. The van der Waals surface area contributed by atoms with Crippen molar-refractivity contribution in [2.75, 3.05) is 11.9 Å². The number of carbonyl (C=O) groups excluding carboxylic acids is 1. The van der Waals surface area contributed by atoms with E-state index < -0.39 is 21.9 Å². The number of sulfonamides is 1. The molecular weight excluding hydrogens is 379 g/mol. The lowest BCUT2D eigenvalue weighted by Gasteiger charge is -2.34. The van der Waals surface area contributed by atoms with E-state index in [1.165, 1.54) is 16.4 Å². The van der Waals surface area contributed by atoms with E-state index in [4.69, 9.17) is 0 Å². The maximum atomic E-state index is 13.2. The molecule has 7 heteroatoms. The zero-order valence-corrected chi connectivity index (χ0v) is 16.9. The van der Waals surface area contributed by atoms with Crippen molar-refractivity contribution in [3.8, 4) is 0 Å². The highest BCUT2D eigenvalue weighted by atomic mass is 32.2. The number of rotatable bonds is 5. The fourth-order valence-corrected chi connectivity index (χ4v) is 5.40. The number of nitrogens with zero attached hydrogens (tertiary/aromatic N) is 1. The second-order valence-corrected chi connectivity index (χ2v) is 9.24. The van der Waals surface area contributed by atoms with Gasteiger partial charge in [0.15, 0.2) is 0 Å². The highest BCUT2D eigenvalue weighted by Crippen LogP contribution is 2.27. The molecule has 1 N–H and O–H groups in total. The third-order valence-electron chi connectivity index (χ3n) is 4.92. The lowest BCUT2D eigenvalue weighted by Crippen LogP contribution is -2.45. The number of carbonyl (C=O) groups is 1. The molecule has 1 saturated heterocycles. The van der Waals surface area contributed by atoms with Crippen LogP contribution in [0.3, 0.4) is 0 Å². The Kier molecular flexibility index (Phi) is 6.15. The molecule has 2 aromatic carbocycles. The van der Waals surface area contributed by atoms with Crippen molar-refractivity contribution in [3.63, 3.8) is 0 Å². The molecule has 0 saturated carbocycles. The van der Waals surface area contributed by atoms with Gasteiger partial charge in [-0.05, 0) is 74.2 Å². The standard InChI is InChI=1S/C21H25FN2O3S/c1-15-11-16(2)13-18(12-15)23-21(25)14-19-5-3-4-10-24(19)28(26,27)20-8-6-17(22)7-9-20/h6-9,11-13,19H,3-5,10,14H2,1-2H3,(H,23,25)/t19-/m1/s1. The van der Waals surface area contributed by atoms with Crippen molar-refractivity contribution in [2.24, 2.45) is 0 Å². The van der Waals surface area contributed by atoms with Crippen LogP contribution in [0.1, 0.15) is 36.8 Å². The summed E-state index contributed by atoms with van der Waals surface area (Å²) in [5, 5.41) is 2.88. The van der Waals surface area contributed by atoms with Crippen molar-refractivity contribution in [3.05, 3.63) is 59.4 Å². The van der Waals surface area contributed by atoms with Gasteiger partial charge in [-0.15, -0.1) is 0 Å². The predicted molar refractivity (Wildman–Crippen MR) is 107 cm³/mol. The topological polar surface area (TPSA) is 66.5 Å². The van der Waals surface area contributed by atoms with Crippen LogP contribution >= 0.6 is 0 Å². The molecule has 1 aliphatic rings. The molecule has 1 atom stereocenters. The molecule has 0 aromatic heterocycles. The van der Waals surface area contributed by atoms with Crippen LogP contribution in [0.5, 0.6) is 0 Å². The van der Waals surface area contributed by atoms with Gasteiger partial charge in [0.05, 0.1) is 4.90 Å². The SMILES string of the molecule is Cc1cc(C)cc(NC(=O)C[C@H]2CCCCN2S(=O)(=O)c2ccc(F)cc2)c1. The number of benzene rings is 2. The van der Waals surface area contributed by atoms with Gasteiger partial charge in [-0.2, -0.15) is 4.31 Å². The number of halogens is 1. The Bertz CT molecular complexity index is 938. The highest BCUT2D eigenvalue weighted by molar-refractivity contribution is 7.89. The minimum Gasteiger partial charge on any atom is -0.326 e. The van der Waals surface area contributed by atoms with Crippen LogP contribution in [-0.4, -0.2) is 31.2 Å². The quantitative estimate of drug-likeness (QED) is 0.819. The summed E-state index contributed by atoms with van der Waals surface area (Å²) in [6.45, 7) is 4.28. The largest absolute Gasteiger partial charge is 0.326 e. The van der Waals surface area contributed by atoms with Crippen LogP contribution in [0, 0.1) is 19.7 Å². The summed E-state index contributed by atoms with van der Waals surface area (Å²) in [4.78, 5) is 12.6. The van der Waals surface area contributed by atoms with Crippen molar-refractivity contribution in [1.29, 1.82) is 0 Å². The molecule has 0 unspecified atom stereocenters. The van der Waals surface area contributed by atoms with Gasteiger partial charge >= 0.3 is 0 Å². The van der Waals surface area contributed by atoms with E-state index in [1.54, 1.807) is 0 Å². The van der Waals surface area contributed by atoms with E-state index >= 15 is 0 Å². The van der Waals surface area contributed by atoms with Crippen LogP contribution in [0.15, 0.2) is 47.4 Å². The van der Waals surface area contributed by atoms with Gasteiger partial charge in [0.1, 0.15) is 5.82 Å². The summed E-state index contributed by atoms with van der Waals surface area (Å²) in [6.07, 6.45) is 2.33. The van der Waals surface area contributed by atoms with Crippen LogP contribution < -0.4 is 5.32 Å². The summed E-state index contributed by atoms with van der Waals surface area (Å²) in [7, 11) is -3.77. The Morgan fingerprint density at radius 2 is 1.75 bits per heavy atom. The number of amides is 1. The molecule has 1 aliphatic heterocycles. The molecule has 1 amide bonds. The Morgan fingerprint density at radius 1 is 1.11 bits per heavy atom. The first-order valence-electron chi connectivity index (χ1n) is 9.41. The zero-order chi connectivity index (χ0) is 20.3. The van der Waals surface area contributed by atoms with Gasteiger partial charge in [-0.25, -0.2) is 12.8 Å². The van der Waals surface area contributed by atoms with E-state index in [0.29, 0.717) is 18.7 Å². The molecule has 28 heavy (non-hydrogen) atoms. The van der Waals surface area contributed by atoms with Crippen molar-refractivity contribution in [2.45, 2.75) is 50.5 Å². The molecule has 2 aromatic rings. The Hall–Kier alpha value is -2.25. The minimum absolute atomic E-state index is 0.0514. The Balaban J connectivity index is 1.75. The van der Waals surface area contributed by atoms with Crippen molar-refractivity contribution < 1.29 is 17.6 Å². The number of hydrogen-bond acceptors (Lipinski definition) is 3. The molecule has 150 valence electrons. The number of nitrogens with one attached hydrogen (secondary N) is 1.